The number of carbonyl (C=O) groups is 1. The quantitative estimate of drug-likeness (QED) is 0.404. The summed E-state index contributed by atoms with van der Waals surface area (Å²) in [5.41, 5.74) is 2.83. The lowest BCUT2D eigenvalue weighted by Gasteiger charge is -2.25. The van der Waals surface area contributed by atoms with Crippen LogP contribution in [0.15, 0.2) is 70.1 Å². The van der Waals surface area contributed by atoms with E-state index in [0.29, 0.717) is 28.2 Å². The average Bonchev–Trinajstić information content (AvgIpc) is 3.09. The fourth-order valence-electron chi connectivity index (χ4n) is 4.25. The summed E-state index contributed by atoms with van der Waals surface area (Å²) in [5.74, 6) is 0.453. The summed E-state index contributed by atoms with van der Waals surface area (Å²) in [6, 6.07) is 13.8. The van der Waals surface area contributed by atoms with Gasteiger partial charge in [0.25, 0.3) is 5.91 Å². The maximum absolute atomic E-state index is 13.6. The van der Waals surface area contributed by atoms with Crippen molar-refractivity contribution in [2.24, 2.45) is 0 Å². The number of aromatic nitrogens is 1. The number of nitrogens with zero attached hydrogens (tertiary/aromatic N) is 2. The highest BCUT2D eigenvalue weighted by atomic mass is 35.5. The van der Waals surface area contributed by atoms with Gasteiger partial charge in [-0.05, 0) is 60.9 Å². The van der Waals surface area contributed by atoms with Gasteiger partial charge in [-0.2, -0.15) is 0 Å². The molecule has 0 fully saturated rings. The summed E-state index contributed by atoms with van der Waals surface area (Å²) in [4.78, 5) is 33.0. The Bertz CT molecular complexity index is 1410. The number of hydrogen-bond donors (Lipinski definition) is 0. The third-order valence-electron chi connectivity index (χ3n) is 5.83. The summed E-state index contributed by atoms with van der Waals surface area (Å²) in [6.07, 6.45) is 3.39. The number of halogens is 1. The van der Waals surface area contributed by atoms with Gasteiger partial charge in [-0.15, -0.1) is 0 Å². The van der Waals surface area contributed by atoms with Crippen molar-refractivity contribution in [1.82, 2.24) is 9.88 Å². The van der Waals surface area contributed by atoms with Gasteiger partial charge in [-0.25, -0.2) is 0 Å². The minimum absolute atomic E-state index is 0.0667. The minimum Gasteiger partial charge on any atom is -0.494 e. The number of fused-ring (bicyclic) bond motifs is 2. The van der Waals surface area contributed by atoms with E-state index >= 15 is 0 Å². The van der Waals surface area contributed by atoms with E-state index in [1.165, 1.54) is 0 Å². The lowest BCUT2D eigenvalue weighted by atomic mass is 9.98. The standard InChI is InChI=1S/C26H21ClN2O4/c1-3-32-18-8-6-17(7-9-18)23-22-24(30)19-12-20(27)15(2)11-21(19)33-25(22)26(31)29(23)14-16-5-4-10-28-13-16/h4-13,23H,3,14H2,1-2H3. The number of benzene rings is 2. The van der Waals surface area contributed by atoms with E-state index in [4.69, 9.17) is 20.8 Å². The van der Waals surface area contributed by atoms with Gasteiger partial charge < -0.3 is 14.1 Å². The van der Waals surface area contributed by atoms with E-state index in [1.54, 1.807) is 29.4 Å². The van der Waals surface area contributed by atoms with Crippen LogP contribution in [0.1, 0.15) is 45.8 Å². The van der Waals surface area contributed by atoms with Gasteiger partial charge in [-0.1, -0.05) is 29.8 Å². The van der Waals surface area contributed by atoms with Crippen molar-refractivity contribution in [3.05, 3.63) is 104 Å². The van der Waals surface area contributed by atoms with Crippen LogP contribution in [0.5, 0.6) is 5.75 Å². The molecule has 0 saturated carbocycles. The molecule has 0 spiro atoms. The maximum Gasteiger partial charge on any atom is 0.291 e. The second kappa shape index (κ2) is 8.37. The molecule has 4 aromatic rings. The van der Waals surface area contributed by atoms with E-state index in [-0.39, 0.29) is 23.6 Å². The molecular weight excluding hydrogens is 440 g/mol. The van der Waals surface area contributed by atoms with E-state index < -0.39 is 6.04 Å². The van der Waals surface area contributed by atoms with Crippen LogP contribution in [0, 0.1) is 6.92 Å². The second-order valence-electron chi connectivity index (χ2n) is 7.97. The molecule has 1 unspecified atom stereocenters. The van der Waals surface area contributed by atoms with Gasteiger partial charge in [0.1, 0.15) is 11.3 Å². The number of amides is 1. The molecular formula is C26H21ClN2O4. The van der Waals surface area contributed by atoms with E-state index in [9.17, 15) is 9.59 Å². The van der Waals surface area contributed by atoms with Gasteiger partial charge in [0.15, 0.2) is 5.43 Å². The number of hydrogen-bond acceptors (Lipinski definition) is 5. The van der Waals surface area contributed by atoms with Crippen LogP contribution in [-0.2, 0) is 6.54 Å². The average molecular weight is 461 g/mol. The minimum atomic E-state index is -0.607. The number of ether oxygens (including phenoxy) is 1. The summed E-state index contributed by atoms with van der Waals surface area (Å²) in [7, 11) is 0. The van der Waals surface area contributed by atoms with Crippen LogP contribution in [0.2, 0.25) is 5.02 Å². The molecule has 1 atom stereocenters. The summed E-state index contributed by atoms with van der Waals surface area (Å²) in [5, 5.41) is 0.834. The SMILES string of the molecule is CCOc1ccc(C2c3c(oc4cc(C)c(Cl)cc4c3=O)C(=O)N2Cc2cccnc2)cc1. The Balaban J connectivity index is 1.70. The highest BCUT2D eigenvalue weighted by molar-refractivity contribution is 6.32. The van der Waals surface area contributed by atoms with Crippen molar-refractivity contribution in [3.8, 4) is 5.75 Å². The van der Waals surface area contributed by atoms with Crippen LogP contribution in [-0.4, -0.2) is 22.4 Å². The number of aryl methyl sites for hydroxylation is 1. The number of carbonyl (C=O) groups excluding carboxylic acids is 1. The molecule has 1 aliphatic heterocycles. The summed E-state index contributed by atoms with van der Waals surface area (Å²) < 4.78 is 11.6. The molecule has 0 N–H and O–H groups in total. The van der Waals surface area contributed by atoms with Crippen molar-refractivity contribution in [2.45, 2.75) is 26.4 Å². The molecule has 5 rings (SSSR count). The predicted octanol–water partition coefficient (Wildman–Crippen LogP) is 5.29. The Morgan fingerprint density at radius 3 is 2.64 bits per heavy atom. The highest BCUT2D eigenvalue weighted by Crippen LogP contribution is 2.40. The Kier molecular flexibility index (Phi) is 5.38. The van der Waals surface area contributed by atoms with Gasteiger partial charge in [-0.3, -0.25) is 14.6 Å². The van der Waals surface area contributed by atoms with Crippen LogP contribution in [0.3, 0.4) is 0 Å². The molecule has 6 nitrogen and oxygen atoms in total. The maximum atomic E-state index is 13.6. The molecule has 1 amide bonds. The first kappa shape index (κ1) is 21.2. The Labute approximate surface area is 195 Å². The van der Waals surface area contributed by atoms with E-state index in [0.717, 1.165) is 22.4 Å². The van der Waals surface area contributed by atoms with Crippen LogP contribution in [0.4, 0.5) is 0 Å². The molecule has 0 saturated heterocycles. The first-order valence-electron chi connectivity index (χ1n) is 10.7. The van der Waals surface area contributed by atoms with Gasteiger partial charge in [0.2, 0.25) is 5.76 Å². The topological polar surface area (TPSA) is 72.6 Å². The van der Waals surface area contributed by atoms with Crippen molar-refractivity contribution >= 4 is 28.5 Å². The van der Waals surface area contributed by atoms with Crippen molar-refractivity contribution < 1.29 is 13.9 Å². The predicted molar refractivity (Wildman–Crippen MR) is 126 cm³/mol. The van der Waals surface area contributed by atoms with Crippen molar-refractivity contribution in [3.63, 3.8) is 0 Å². The molecule has 0 radical (unpaired) electrons. The van der Waals surface area contributed by atoms with Gasteiger partial charge in [0, 0.05) is 24.0 Å². The zero-order valence-corrected chi connectivity index (χ0v) is 18.9. The number of rotatable bonds is 5. The van der Waals surface area contributed by atoms with Crippen LogP contribution >= 0.6 is 11.6 Å². The van der Waals surface area contributed by atoms with Crippen molar-refractivity contribution in [2.75, 3.05) is 6.61 Å². The number of pyridine rings is 1. The Morgan fingerprint density at radius 2 is 1.94 bits per heavy atom. The third-order valence-corrected chi connectivity index (χ3v) is 6.24. The Morgan fingerprint density at radius 1 is 1.15 bits per heavy atom. The fourth-order valence-corrected chi connectivity index (χ4v) is 4.42. The molecule has 33 heavy (non-hydrogen) atoms. The summed E-state index contributed by atoms with van der Waals surface area (Å²) >= 11 is 6.30. The molecule has 2 aromatic heterocycles. The molecule has 2 aromatic carbocycles. The molecule has 3 heterocycles. The lowest BCUT2D eigenvalue weighted by Crippen LogP contribution is -2.29. The third kappa shape index (κ3) is 3.66. The van der Waals surface area contributed by atoms with Gasteiger partial charge in [0.05, 0.1) is 23.6 Å². The molecule has 0 bridgehead atoms. The zero-order valence-electron chi connectivity index (χ0n) is 18.2. The smallest absolute Gasteiger partial charge is 0.291 e. The Hall–Kier alpha value is -3.64. The molecule has 7 heteroatoms. The molecule has 0 aliphatic carbocycles. The van der Waals surface area contributed by atoms with Crippen LogP contribution < -0.4 is 10.2 Å². The zero-order chi connectivity index (χ0) is 23.1. The normalized spacial score (nSPS) is 15.2. The van der Waals surface area contributed by atoms with E-state index in [1.807, 2.05) is 50.2 Å². The van der Waals surface area contributed by atoms with Crippen LogP contribution in [0.25, 0.3) is 11.0 Å². The fraction of sp³-hybridized carbons (Fsp3) is 0.192. The highest BCUT2D eigenvalue weighted by Gasteiger charge is 2.42. The first-order valence-corrected chi connectivity index (χ1v) is 11.0. The monoisotopic (exact) mass is 460 g/mol. The van der Waals surface area contributed by atoms with Gasteiger partial charge >= 0.3 is 0 Å². The second-order valence-corrected chi connectivity index (χ2v) is 8.38. The molecule has 1 aliphatic rings. The van der Waals surface area contributed by atoms with E-state index in [2.05, 4.69) is 4.98 Å². The largest absolute Gasteiger partial charge is 0.494 e. The summed E-state index contributed by atoms with van der Waals surface area (Å²) in [6.45, 7) is 4.57. The molecule has 166 valence electrons. The lowest BCUT2D eigenvalue weighted by molar-refractivity contribution is 0.0714. The van der Waals surface area contributed by atoms with Crippen molar-refractivity contribution in [1.29, 1.82) is 0 Å². The first-order chi connectivity index (χ1) is 16.0.